The predicted octanol–water partition coefficient (Wildman–Crippen LogP) is 2.75. The third kappa shape index (κ3) is 2.38. The van der Waals surface area contributed by atoms with E-state index in [2.05, 4.69) is 21.2 Å². The molecule has 1 atom stereocenters. The van der Waals surface area contributed by atoms with Gasteiger partial charge in [0.15, 0.2) is 0 Å². The van der Waals surface area contributed by atoms with Gasteiger partial charge < -0.3 is 10.1 Å². The third-order valence-electron chi connectivity index (χ3n) is 3.01. The van der Waals surface area contributed by atoms with Gasteiger partial charge in [-0.05, 0) is 59.9 Å². The van der Waals surface area contributed by atoms with Crippen molar-refractivity contribution in [3.05, 3.63) is 28.0 Å². The Morgan fingerprint density at radius 2 is 2.38 bits per heavy atom. The minimum absolute atomic E-state index is 0.174. The summed E-state index contributed by atoms with van der Waals surface area (Å²) >= 11 is 3.38. The zero-order chi connectivity index (χ0) is 11.5. The number of benzene rings is 1. The van der Waals surface area contributed by atoms with E-state index in [0.717, 1.165) is 30.4 Å². The number of ether oxygens (including phenoxy) is 1. The van der Waals surface area contributed by atoms with Gasteiger partial charge in [-0.15, -0.1) is 0 Å². The maximum atomic E-state index is 13.7. The summed E-state index contributed by atoms with van der Waals surface area (Å²) in [4.78, 5) is 0. The molecule has 1 aliphatic rings. The number of halogens is 2. The molecule has 0 bridgehead atoms. The van der Waals surface area contributed by atoms with Gasteiger partial charge in [0.05, 0.1) is 11.6 Å². The van der Waals surface area contributed by atoms with Crippen LogP contribution in [0.2, 0.25) is 0 Å². The molecule has 2 nitrogen and oxygen atoms in total. The Balaban J connectivity index is 2.26. The highest BCUT2D eigenvalue weighted by Gasteiger charge is 2.20. The van der Waals surface area contributed by atoms with E-state index in [-0.39, 0.29) is 5.82 Å². The van der Waals surface area contributed by atoms with Crippen molar-refractivity contribution in [1.29, 1.82) is 0 Å². The molecule has 0 saturated carbocycles. The maximum absolute atomic E-state index is 13.7. The van der Waals surface area contributed by atoms with Crippen molar-refractivity contribution in [2.24, 2.45) is 5.92 Å². The minimum atomic E-state index is -0.174. The zero-order valence-corrected chi connectivity index (χ0v) is 10.8. The van der Waals surface area contributed by atoms with Crippen molar-refractivity contribution in [2.45, 2.75) is 12.8 Å². The van der Waals surface area contributed by atoms with Gasteiger partial charge in [-0.1, -0.05) is 0 Å². The zero-order valence-electron chi connectivity index (χ0n) is 9.22. The van der Waals surface area contributed by atoms with Crippen LogP contribution in [-0.4, -0.2) is 20.2 Å². The molecule has 0 aromatic heterocycles. The van der Waals surface area contributed by atoms with Crippen LogP contribution in [0.3, 0.4) is 0 Å². The fraction of sp³-hybridized carbons (Fsp3) is 0.500. The lowest BCUT2D eigenvalue weighted by Gasteiger charge is -2.14. The second-order valence-electron chi connectivity index (χ2n) is 4.10. The summed E-state index contributed by atoms with van der Waals surface area (Å²) in [6.45, 7) is 2.00. The van der Waals surface area contributed by atoms with E-state index in [9.17, 15) is 4.39 Å². The smallest absolute Gasteiger partial charge is 0.139 e. The second-order valence-corrected chi connectivity index (χ2v) is 4.96. The molecule has 2 rings (SSSR count). The SMILES string of the molecule is COc1c(Br)ccc(F)c1CC1CCNC1. The Morgan fingerprint density at radius 1 is 1.56 bits per heavy atom. The van der Waals surface area contributed by atoms with Crippen LogP contribution in [0.5, 0.6) is 5.75 Å². The van der Waals surface area contributed by atoms with Crippen molar-refractivity contribution in [1.82, 2.24) is 5.32 Å². The van der Waals surface area contributed by atoms with Crippen LogP contribution in [0.15, 0.2) is 16.6 Å². The summed E-state index contributed by atoms with van der Waals surface area (Å²) in [6, 6.07) is 3.18. The van der Waals surface area contributed by atoms with Gasteiger partial charge in [0.25, 0.3) is 0 Å². The molecule has 1 aromatic carbocycles. The molecule has 88 valence electrons. The lowest BCUT2D eigenvalue weighted by molar-refractivity contribution is 0.396. The second kappa shape index (κ2) is 5.15. The molecule has 1 aliphatic heterocycles. The summed E-state index contributed by atoms with van der Waals surface area (Å²) in [5.41, 5.74) is 0.686. The number of hydrogen-bond donors (Lipinski definition) is 1. The summed E-state index contributed by atoms with van der Waals surface area (Å²) < 4.78 is 19.8. The number of rotatable bonds is 3. The van der Waals surface area contributed by atoms with Crippen LogP contribution in [0.25, 0.3) is 0 Å². The fourth-order valence-electron chi connectivity index (χ4n) is 2.16. The summed E-state index contributed by atoms with van der Waals surface area (Å²) in [5, 5.41) is 3.29. The van der Waals surface area contributed by atoms with E-state index < -0.39 is 0 Å². The molecule has 1 aromatic rings. The van der Waals surface area contributed by atoms with Crippen molar-refractivity contribution in [3.63, 3.8) is 0 Å². The topological polar surface area (TPSA) is 21.3 Å². The van der Waals surface area contributed by atoms with Crippen LogP contribution in [0.1, 0.15) is 12.0 Å². The van der Waals surface area contributed by atoms with Crippen LogP contribution < -0.4 is 10.1 Å². The quantitative estimate of drug-likeness (QED) is 0.923. The number of nitrogens with one attached hydrogen (secondary N) is 1. The Morgan fingerprint density at radius 3 is 3.00 bits per heavy atom. The maximum Gasteiger partial charge on any atom is 0.139 e. The van der Waals surface area contributed by atoms with Gasteiger partial charge in [0.1, 0.15) is 11.6 Å². The number of methoxy groups -OCH3 is 1. The Bertz CT molecular complexity index is 378. The standard InChI is InChI=1S/C12H15BrFNO/c1-16-12-9(6-8-4-5-15-7-8)11(14)3-2-10(12)13/h2-3,8,15H,4-7H2,1H3. The van der Waals surface area contributed by atoms with E-state index in [1.165, 1.54) is 6.07 Å². The van der Waals surface area contributed by atoms with E-state index in [1.807, 2.05) is 0 Å². The van der Waals surface area contributed by atoms with Crippen LogP contribution >= 0.6 is 15.9 Å². The summed E-state index contributed by atoms with van der Waals surface area (Å²) in [6.07, 6.45) is 1.84. The first-order chi connectivity index (χ1) is 7.72. The average molecular weight is 288 g/mol. The molecule has 0 radical (unpaired) electrons. The molecular formula is C12H15BrFNO. The van der Waals surface area contributed by atoms with E-state index in [1.54, 1.807) is 13.2 Å². The van der Waals surface area contributed by atoms with Crippen molar-refractivity contribution in [3.8, 4) is 5.75 Å². The molecular weight excluding hydrogens is 273 g/mol. The van der Waals surface area contributed by atoms with Gasteiger partial charge in [-0.3, -0.25) is 0 Å². The molecule has 1 saturated heterocycles. The van der Waals surface area contributed by atoms with Gasteiger partial charge in [-0.25, -0.2) is 4.39 Å². The van der Waals surface area contributed by atoms with Gasteiger partial charge in [-0.2, -0.15) is 0 Å². The summed E-state index contributed by atoms with van der Waals surface area (Å²) in [7, 11) is 1.58. The highest BCUT2D eigenvalue weighted by molar-refractivity contribution is 9.10. The monoisotopic (exact) mass is 287 g/mol. The Hall–Kier alpha value is -0.610. The van der Waals surface area contributed by atoms with Crippen LogP contribution in [-0.2, 0) is 6.42 Å². The fourth-order valence-corrected chi connectivity index (χ4v) is 2.70. The number of hydrogen-bond acceptors (Lipinski definition) is 2. The van der Waals surface area contributed by atoms with E-state index in [0.29, 0.717) is 17.2 Å². The lowest BCUT2D eigenvalue weighted by Crippen LogP contribution is -2.12. The minimum Gasteiger partial charge on any atom is -0.495 e. The summed E-state index contributed by atoms with van der Waals surface area (Å²) in [5.74, 6) is 0.969. The van der Waals surface area contributed by atoms with E-state index in [4.69, 9.17) is 4.74 Å². The first kappa shape index (κ1) is 11.9. The molecule has 1 heterocycles. The van der Waals surface area contributed by atoms with Crippen molar-refractivity contribution >= 4 is 15.9 Å². The van der Waals surface area contributed by atoms with Gasteiger partial charge in [0, 0.05) is 5.56 Å². The van der Waals surface area contributed by atoms with Crippen LogP contribution in [0, 0.1) is 11.7 Å². The average Bonchev–Trinajstić information content (AvgIpc) is 2.77. The Labute approximate surface area is 103 Å². The molecule has 4 heteroatoms. The van der Waals surface area contributed by atoms with E-state index >= 15 is 0 Å². The van der Waals surface area contributed by atoms with Gasteiger partial charge in [0.2, 0.25) is 0 Å². The third-order valence-corrected chi connectivity index (χ3v) is 3.64. The lowest BCUT2D eigenvalue weighted by atomic mass is 9.97. The molecule has 1 unspecified atom stereocenters. The molecule has 1 N–H and O–H groups in total. The van der Waals surface area contributed by atoms with Gasteiger partial charge >= 0.3 is 0 Å². The molecule has 16 heavy (non-hydrogen) atoms. The first-order valence-electron chi connectivity index (χ1n) is 5.44. The first-order valence-corrected chi connectivity index (χ1v) is 6.23. The highest BCUT2D eigenvalue weighted by atomic mass is 79.9. The molecule has 0 amide bonds. The molecule has 0 aliphatic carbocycles. The molecule has 0 spiro atoms. The Kier molecular flexibility index (Phi) is 3.82. The predicted molar refractivity (Wildman–Crippen MR) is 65.3 cm³/mol. The van der Waals surface area contributed by atoms with Crippen molar-refractivity contribution in [2.75, 3.05) is 20.2 Å². The highest BCUT2D eigenvalue weighted by Crippen LogP contribution is 2.33. The normalized spacial score (nSPS) is 20.1. The molecule has 1 fully saturated rings. The van der Waals surface area contributed by atoms with Crippen molar-refractivity contribution < 1.29 is 9.13 Å². The largest absolute Gasteiger partial charge is 0.495 e. The van der Waals surface area contributed by atoms with Crippen LogP contribution in [0.4, 0.5) is 4.39 Å².